The molecule has 0 saturated heterocycles. The molecule has 2 aromatic rings. The Morgan fingerprint density at radius 1 is 1.19 bits per heavy atom. The van der Waals surface area contributed by atoms with Crippen LogP contribution < -0.4 is 4.57 Å². The minimum atomic E-state index is -0.643. The quantitative estimate of drug-likeness (QED) is 0.185. The van der Waals surface area contributed by atoms with Crippen molar-refractivity contribution in [3.8, 4) is 0 Å². The van der Waals surface area contributed by atoms with Gasteiger partial charge in [0.25, 0.3) is 0 Å². The fraction of sp³-hybridized carbons (Fsp3) is 0.348. The lowest BCUT2D eigenvalue weighted by atomic mass is 9.88. The molecule has 0 unspecified atom stereocenters. The molecule has 1 aromatic heterocycles. The molecule has 0 aliphatic heterocycles. The number of hydrogen-bond donors (Lipinski definition) is 0. The van der Waals surface area contributed by atoms with E-state index < -0.39 is 6.04 Å². The highest BCUT2D eigenvalue weighted by Gasteiger charge is 2.29. The Bertz CT molecular complexity index is 861. The molecule has 0 saturated carbocycles. The van der Waals surface area contributed by atoms with Gasteiger partial charge in [-0.1, -0.05) is 39.0 Å². The highest BCUT2D eigenvalue weighted by molar-refractivity contribution is 7.77. The molecule has 2 rings (SSSR count). The van der Waals surface area contributed by atoms with Crippen molar-refractivity contribution in [3.05, 3.63) is 77.6 Å². The average molecular weight is 381 g/mol. The van der Waals surface area contributed by atoms with E-state index in [9.17, 15) is 4.79 Å². The molecule has 1 heterocycles. The topological polar surface area (TPSA) is 33.3 Å². The van der Waals surface area contributed by atoms with Crippen LogP contribution in [0.5, 0.6) is 0 Å². The van der Waals surface area contributed by atoms with Gasteiger partial charge < -0.3 is 17.6 Å². The molecule has 0 spiro atoms. The number of nitrogens with zero attached hydrogens (tertiary/aromatic N) is 2. The van der Waals surface area contributed by atoms with Crippen molar-refractivity contribution in [3.63, 3.8) is 0 Å². The number of pyridine rings is 1. The highest BCUT2D eigenvalue weighted by Crippen LogP contribution is 2.21. The Hall–Kier alpha value is -2.33. The number of rotatable bonds is 6. The fourth-order valence-corrected chi connectivity index (χ4v) is 3.08. The van der Waals surface area contributed by atoms with E-state index in [4.69, 9.17) is 12.6 Å². The van der Waals surface area contributed by atoms with Crippen molar-refractivity contribution in [2.24, 2.45) is 4.99 Å². The molecular weight excluding hydrogens is 352 g/mol. The lowest BCUT2D eigenvalue weighted by Crippen LogP contribution is -2.48. The van der Waals surface area contributed by atoms with E-state index in [0.29, 0.717) is 17.2 Å². The normalized spacial score (nSPS) is 13.3. The summed E-state index contributed by atoms with van der Waals surface area (Å²) in [5.41, 5.74) is 4.13. The second kappa shape index (κ2) is 8.57. The third-order valence-electron chi connectivity index (χ3n) is 4.67. The van der Waals surface area contributed by atoms with Gasteiger partial charge in [-0.25, -0.2) is 0 Å². The van der Waals surface area contributed by atoms with Gasteiger partial charge in [0, 0.05) is 17.7 Å². The van der Waals surface area contributed by atoms with Gasteiger partial charge in [-0.2, -0.15) is 4.57 Å². The largest absolute Gasteiger partial charge is 0.758 e. The molecule has 142 valence electrons. The molecule has 0 bridgehead atoms. The lowest BCUT2D eigenvalue weighted by molar-refractivity contribution is -0.692. The Morgan fingerprint density at radius 2 is 1.81 bits per heavy atom. The summed E-state index contributed by atoms with van der Waals surface area (Å²) >= 11 is 5.51. The maximum Gasteiger partial charge on any atom is 0.237 e. The van der Waals surface area contributed by atoms with Crippen molar-refractivity contribution >= 4 is 23.5 Å². The molecule has 4 heteroatoms. The second-order valence-electron chi connectivity index (χ2n) is 7.82. The predicted octanol–water partition coefficient (Wildman–Crippen LogP) is 4.44. The predicted molar refractivity (Wildman–Crippen MR) is 114 cm³/mol. The first-order valence-electron chi connectivity index (χ1n) is 9.10. The summed E-state index contributed by atoms with van der Waals surface area (Å²) in [5.74, 6) is -0.0515. The molecule has 1 atom stereocenters. The lowest BCUT2D eigenvalue weighted by Gasteiger charge is -2.21. The number of Topliss-reactive ketones (excluding diaryl/α,β-unsaturated/α-hetero) is 1. The summed E-state index contributed by atoms with van der Waals surface area (Å²) < 4.78 is 1.85. The van der Waals surface area contributed by atoms with Gasteiger partial charge in [-0.05, 0) is 47.1 Å². The van der Waals surface area contributed by atoms with Crippen LogP contribution in [0.4, 0.5) is 0 Å². The third kappa shape index (κ3) is 5.10. The zero-order chi connectivity index (χ0) is 20.2. The smallest absolute Gasteiger partial charge is 0.237 e. The van der Waals surface area contributed by atoms with Crippen LogP contribution >= 0.6 is 0 Å². The number of ketones is 1. The summed E-state index contributed by atoms with van der Waals surface area (Å²) in [4.78, 5) is 17.6. The molecule has 0 fully saturated rings. The highest BCUT2D eigenvalue weighted by atomic mass is 32.1. The molecule has 0 radical (unpaired) electrons. The summed E-state index contributed by atoms with van der Waals surface area (Å²) in [6, 6.07) is 9.18. The van der Waals surface area contributed by atoms with E-state index in [1.54, 1.807) is 6.08 Å². The number of carbonyl (C=O) groups is 1. The van der Waals surface area contributed by atoms with Crippen LogP contribution in [0.2, 0.25) is 0 Å². The number of aliphatic imine (C=N–C) groups is 1. The zero-order valence-electron chi connectivity index (χ0n) is 16.8. The standard InChI is InChI=1S/C23H28N2OS/c1-7-12-24-22(27)20(21(26)18-9-8-16(2)17(3)15-18)25-13-10-19(11-14-25)23(4,5)6/h7-11,13-15,20H,1,12H2,2-6H3/t20-/m1/s1. The van der Waals surface area contributed by atoms with Crippen LogP contribution in [0.1, 0.15) is 53.9 Å². The Kier molecular flexibility index (Phi) is 6.66. The third-order valence-corrected chi connectivity index (χ3v) is 5.02. The van der Waals surface area contributed by atoms with E-state index in [2.05, 4.69) is 32.3 Å². The van der Waals surface area contributed by atoms with Crippen LogP contribution in [-0.2, 0) is 18.0 Å². The van der Waals surface area contributed by atoms with Crippen LogP contribution in [0.3, 0.4) is 0 Å². The Labute approximate surface area is 168 Å². The van der Waals surface area contributed by atoms with Gasteiger partial charge in [0.1, 0.15) is 0 Å². The summed E-state index contributed by atoms with van der Waals surface area (Å²) in [5, 5.41) is 0.367. The molecule has 3 nitrogen and oxygen atoms in total. The number of hydrogen-bond acceptors (Lipinski definition) is 3. The van der Waals surface area contributed by atoms with Crippen molar-refractivity contribution in [1.82, 2.24) is 0 Å². The first kappa shape index (κ1) is 21.0. The molecular formula is C23H28N2OS. The van der Waals surface area contributed by atoms with Gasteiger partial charge in [-0.15, -0.1) is 6.58 Å². The molecule has 1 aromatic carbocycles. The summed E-state index contributed by atoms with van der Waals surface area (Å²) in [7, 11) is 0. The van der Waals surface area contributed by atoms with Crippen molar-refractivity contribution in [2.75, 3.05) is 6.54 Å². The molecule has 0 aliphatic carbocycles. The van der Waals surface area contributed by atoms with Gasteiger partial charge in [0.2, 0.25) is 11.8 Å². The van der Waals surface area contributed by atoms with Crippen molar-refractivity contribution in [1.29, 1.82) is 0 Å². The van der Waals surface area contributed by atoms with Gasteiger partial charge >= 0.3 is 0 Å². The van der Waals surface area contributed by atoms with E-state index >= 15 is 0 Å². The number of aryl methyl sites for hydroxylation is 2. The molecule has 0 amide bonds. The van der Waals surface area contributed by atoms with Crippen LogP contribution in [0, 0.1) is 13.8 Å². The van der Waals surface area contributed by atoms with Gasteiger partial charge in [0.15, 0.2) is 12.4 Å². The molecule has 0 N–H and O–H groups in total. The number of carbonyl (C=O) groups excluding carboxylic acids is 1. The minimum absolute atomic E-state index is 0.0421. The van der Waals surface area contributed by atoms with Crippen LogP contribution in [0.25, 0.3) is 0 Å². The first-order valence-corrected chi connectivity index (χ1v) is 9.51. The SMILES string of the molecule is C=CCN=C([S-])[C@@H](C(=O)c1ccc(C)c(C)c1)[n+]1ccc(C(C)(C)C)cc1. The van der Waals surface area contributed by atoms with Crippen molar-refractivity contribution < 1.29 is 9.36 Å². The summed E-state index contributed by atoms with van der Waals surface area (Å²) in [6.07, 6.45) is 5.51. The number of benzene rings is 1. The minimum Gasteiger partial charge on any atom is -0.758 e. The van der Waals surface area contributed by atoms with E-state index in [0.717, 1.165) is 11.1 Å². The van der Waals surface area contributed by atoms with Gasteiger partial charge in [-0.3, -0.25) is 4.79 Å². The van der Waals surface area contributed by atoms with Gasteiger partial charge in [0.05, 0.1) is 6.54 Å². The van der Waals surface area contributed by atoms with Crippen LogP contribution in [-0.4, -0.2) is 17.4 Å². The maximum absolute atomic E-state index is 13.3. The summed E-state index contributed by atoms with van der Waals surface area (Å²) in [6.45, 7) is 14.6. The van der Waals surface area contributed by atoms with Crippen LogP contribution in [0.15, 0.2) is 60.4 Å². The van der Waals surface area contributed by atoms with E-state index in [-0.39, 0.29) is 11.2 Å². The molecule has 0 aliphatic rings. The van der Waals surface area contributed by atoms with E-state index in [1.165, 1.54) is 5.56 Å². The molecule has 27 heavy (non-hydrogen) atoms. The zero-order valence-corrected chi connectivity index (χ0v) is 17.6. The Morgan fingerprint density at radius 3 is 2.33 bits per heavy atom. The first-order chi connectivity index (χ1) is 12.6. The fourth-order valence-electron chi connectivity index (χ4n) is 2.78. The second-order valence-corrected chi connectivity index (χ2v) is 8.24. The monoisotopic (exact) mass is 380 g/mol. The van der Waals surface area contributed by atoms with E-state index in [1.807, 2.05) is 61.1 Å². The number of aromatic nitrogens is 1. The Balaban J connectivity index is 2.49. The maximum atomic E-state index is 13.3. The average Bonchev–Trinajstić information content (AvgIpc) is 2.62. The van der Waals surface area contributed by atoms with Crippen molar-refractivity contribution in [2.45, 2.75) is 46.1 Å².